The molecule has 122 valence electrons. The lowest BCUT2D eigenvalue weighted by molar-refractivity contribution is -0.128. The van der Waals surface area contributed by atoms with Gasteiger partial charge >= 0.3 is 0 Å². The van der Waals surface area contributed by atoms with Crippen LogP contribution in [0.1, 0.15) is 25.0 Å². The fourth-order valence-electron chi connectivity index (χ4n) is 2.25. The Morgan fingerprint density at radius 2 is 1.59 bits per heavy atom. The zero-order valence-electron chi connectivity index (χ0n) is 13.6. The van der Waals surface area contributed by atoms with Crippen molar-refractivity contribution in [2.24, 2.45) is 0 Å². The number of anilines is 1. The lowest BCUT2D eigenvalue weighted by atomic mass is 10.1. The molecule has 0 aliphatic carbocycles. The van der Waals surface area contributed by atoms with Gasteiger partial charge in [-0.05, 0) is 51.0 Å². The van der Waals surface area contributed by atoms with Crippen LogP contribution < -0.4 is 5.32 Å². The van der Waals surface area contributed by atoms with Crippen LogP contribution in [0.3, 0.4) is 0 Å². The zero-order valence-corrected chi connectivity index (χ0v) is 14.5. The van der Waals surface area contributed by atoms with E-state index in [1.54, 1.807) is 4.90 Å². The van der Waals surface area contributed by atoms with Crippen LogP contribution in [0, 0.1) is 13.8 Å². The van der Waals surface area contributed by atoms with Crippen molar-refractivity contribution in [3.8, 4) is 0 Å². The molecule has 0 aliphatic heterocycles. The lowest BCUT2D eigenvalue weighted by Gasteiger charge is -2.18. The number of nitrogens with one attached hydrogen (secondary N) is 1. The largest absolute Gasteiger partial charge is 0.342 e. The summed E-state index contributed by atoms with van der Waals surface area (Å²) < 4.78 is 11.9. The number of amides is 2. The van der Waals surface area contributed by atoms with Crippen molar-refractivity contribution in [1.82, 2.24) is 4.90 Å². The van der Waals surface area contributed by atoms with Gasteiger partial charge < -0.3 is 10.2 Å². The minimum atomic E-state index is -1.49. The highest BCUT2D eigenvalue weighted by Gasteiger charge is 2.16. The molecule has 0 fully saturated rings. The fraction of sp³-hybridized carbons (Fsp3) is 0.500. The third kappa shape index (κ3) is 5.97. The summed E-state index contributed by atoms with van der Waals surface area (Å²) in [6, 6.07) is 5.72. The third-order valence-corrected chi connectivity index (χ3v) is 4.35. The second-order valence-electron chi connectivity index (χ2n) is 5.22. The van der Waals surface area contributed by atoms with E-state index in [1.807, 2.05) is 45.9 Å². The number of hydrogen-bond donors (Lipinski definition) is 1. The van der Waals surface area contributed by atoms with Gasteiger partial charge in [-0.15, -0.1) is 0 Å². The topological polar surface area (TPSA) is 66.5 Å². The molecule has 1 aromatic rings. The van der Waals surface area contributed by atoms with E-state index < -0.39 is 10.8 Å². The molecule has 1 N–H and O–H groups in total. The molecule has 0 radical (unpaired) electrons. The molecular weight excluding hydrogens is 300 g/mol. The average molecular weight is 324 g/mol. The van der Waals surface area contributed by atoms with Gasteiger partial charge in [0, 0.05) is 29.6 Å². The predicted molar refractivity (Wildman–Crippen MR) is 90.4 cm³/mol. The smallest absolute Gasteiger partial charge is 0.237 e. The first-order chi connectivity index (χ1) is 10.3. The molecule has 1 aromatic carbocycles. The molecule has 0 saturated heterocycles. The van der Waals surface area contributed by atoms with Gasteiger partial charge in [-0.1, -0.05) is 6.07 Å². The highest BCUT2D eigenvalue weighted by molar-refractivity contribution is 7.86. The molecule has 22 heavy (non-hydrogen) atoms. The summed E-state index contributed by atoms with van der Waals surface area (Å²) in [7, 11) is -1.49. The molecule has 0 bridgehead atoms. The number of aryl methyl sites for hydroxylation is 2. The van der Waals surface area contributed by atoms with Crippen molar-refractivity contribution in [2.75, 3.05) is 29.9 Å². The van der Waals surface area contributed by atoms with Crippen molar-refractivity contribution >= 4 is 28.3 Å². The molecule has 1 rings (SSSR count). The minimum Gasteiger partial charge on any atom is -0.342 e. The summed E-state index contributed by atoms with van der Waals surface area (Å²) in [6.45, 7) is 8.81. The van der Waals surface area contributed by atoms with Crippen molar-refractivity contribution < 1.29 is 13.8 Å². The highest BCUT2D eigenvalue weighted by atomic mass is 32.2. The Labute approximate surface area is 134 Å². The molecule has 1 unspecified atom stereocenters. The summed E-state index contributed by atoms with van der Waals surface area (Å²) in [5.41, 5.74) is 2.79. The monoisotopic (exact) mass is 324 g/mol. The van der Waals surface area contributed by atoms with Gasteiger partial charge in [0.25, 0.3) is 0 Å². The van der Waals surface area contributed by atoms with Crippen molar-refractivity contribution in [1.29, 1.82) is 0 Å². The molecule has 5 nitrogen and oxygen atoms in total. The van der Waals surface area contributed by atoms with Crippen LogP contribution in [-0.2, 0) is 20.4 Å². The van der Waals surface area contributed by atoms with Crippen LogP contribution in [0.2, 0.25) is 0 Å². The van der Waals surface area contributed by atoms with Gasteiger partial charge in [-0.25, -0.2) is 0 Å². The van der Waals surface area contributed by atoms with E-state index in [4.69, 9.17) is 0 Å². The molecule has 0 aromatic heterocycles. The van der Waals surface area contributed by atoms with Gasteiger partial charge in [0.1, 0.15) is 11.5 Å². The number of rotatable bonds is 7. The normalized spacial score (nSPS) is 11.8. The molecule has 0 spiro atoms. The minimum absolute atomic E-state index is 0.109. The summed E-state index contributed by atoms with van der Waals surface area (Å²) in [4.78, 5) is 25.4. The molecule has 1 atom stereocenters. The first-order valence-corrected chi connectivity index (χ1v) is 8.85. The Hall–Kier alpha value is -1.69. The lowest BCUT2D eigenvalue weighted by Crippen LogP contribution is -2.35. The molecule has 0 aliphatic rings. The first kappa shape index (κ1) is 18.4. The van der Waals surface area contributed by atoms with E-state index >= 15 is 0 Å². The van der Waals surface area contributed by atoms with Crippen LogP contribution in [0.25, 0.3) is 0 Å². The second kappa shape index (κ2) is 8.68. The Kier molecular flexibility index (Phi) is 7.24. The van der Waals surface area contributed by atoms with Gasteiger partial charge in [0.2, 0.25) is 11.8 Å². The molecule has 0 heterocycles. The van der Waals surface area contributed by atoms with Crippen LogP contribution in [0.4, 0.5) is 5.69 Å². The third-order valence-electron chi connectivity index (χ3n) is 3.20. The standard InChI is InChI=1S/C16H24N2O3S/c1-5-18(6-2)16(20)11-22(21)10-15(19)17-14-8-12(3)7-13(4)9-14/h7-9H,5-6,10-11H2,1-4H3,(H,17,19). The summed E-state index contributed by atoms with van der Waals surface area (Å²) >= 11 is 0. The van der Waals surface area contributed by atoms with Crippen LogP contribution in [-0.4, -0.2) is 45.5 Å². The Balaban J connectivity index is 2.54. The van der Waals surface area contributed by atoms with E-state index in [0.717, 1.165) is 11.1 Å². The van der Waals surface area contributed by atoms with E-state index in [2.05, 4.69) is 5.32 Å². The fourth-order valence-corrected chi connectivity index (χ4v) is 3.17. The quantitative estimate of drug-likeness (QED) is 0.832. The maximum absolute atomic E-state index is 11.9. The average Bonchev–Trinajstić information content (AvgIpc) is 2.37. The number of benzene rings is 1. The van der Waals surface area contributed by atoms with Crippen LogP contribution >= 0.6 is 0 Å². The van der Waals surface area contributed by atoms with Crippen LogP contribution in [0.15, 0.2) is 18.2 Å². The number of hydrogen-bond acceptors (Lipinski definition) is 3. The SMILES string of the molecule is CCN(CC)C(=O)CS(=O)CC(=O)Nc1cc(C)cc(C)c1. The first-order valence-electron chi connectivity index (χ1n) is 7.36. The van der Waals surface area contributed by atoms with E-state index in [-0.39, 0.29) is 23.3 Å². The number of carbonyl (C=O) groups is 2. The van der Waals surface area contributed by atoms with Gasteiger partial charge in [-0.2, -0.15) is 0 Å². The van der Waals surface area contributed by atoms with Crippen molar-refractivity contribution in [3.05, 3.63) is 29.3 Å². The van der Waals surface area contributed by atoms with E-state index in [1.165, 1.54) is 0 Å². The molecule has 6 heteroatoms. The van der Waals surface area contributed by atoms with E-state index in [9.17, 15) is 13.8 Å². The van der Waals surface area contributed by atoms with Gasteiger partial charge in [-0.3, -0.25) is 13.8 Å². The Bertz CT molecular complexity index is 548. The number of carbonyl (C=O) groups excluding carboxylic acids is 2. The predicted octanol–water partition coefficient (Wildman–Crippen LogP) is 1.86. The van der Waals surface area contributed by atoms with Gasteiger partial charge in [0.15, 0.2) is 0 Å². The maximum Gasteiger partial charge on any atom is 0.237 e. The maximum atomic E-state index is 11.9. The van der Waals surface area contributed by atoms with E-state index in [0.29, 0.717) is 18.8 Å². The molecular formula is C16H24N2O3S. The van der Waals surface area contributed by atoms with Crippen LogP contribution in [0.5, 0.6) is 0 Å². The Morgan fingerprint density at radius 3 is 2.09 bits per heavy atom. The van der Waals surface area contributed by atoms with Crippen molar-refractivity contribution in [3.63, 3.8) is 0 Å². The number of nitrogens with zero attached hydrogens (tertiary/aromatic N) is 1. The van der Waals surface area contributed by atoms with Gasteiger partial charge in [0.05, 0.1) is 0 Å². The Morgan fingerprint density at radius 1 is 1.05 bits per heavy atom. The summed E-state index contributed by atoms with van der Waals surface area (Å²) in [5, 5.41) is 2.73. The summed E-state index contributed by atoms with van der Waals surface area (Å²) in [6.07, 6.45) is 0. The van der Waals surface area contributed by atoms with Crippen molar-refractivity contribution in [2.45, 2.75) is 27.7 Å². The summed E-state index contributed by atoms with van der Waals surface area (Å²) in [5.74, 6) is -0.791. The zero-order chi connectivity index (χ0) is 16.7. The molecule has 0 saturated carbocycles. The highest BCUT2D eigenvalue weighted by Crippen LogP contribution is 2.13. The molecule has 2 amide bonds. The second-order valence-corrected chi connectivity index (χ2v) is 6.68.